The van der Waals surface area contributed by atoms with Gasteiger partial charge in [-0.15, -0.1) is 4.91 Å². The van der Waals surface area contributed by atoms with Crippen molar-refractivity contribution in [3.8, 4) is 11.5 Å². The number of aromatic hydroxyl groups is 1. The molecular formula is C19H21N3O4. The molecule has 136 valence electrons. The third kappa shape index (κ3) is 5.14. The predicted molar refractivity (Wildman–Crippen MR) is 100 cm³/mol. The Morgan fingerprint density at radius 2 is 2.08 bits per heavy atom. The lowest BCUT2D eigenvalue weighted by atomic mass is 9.99. The minimum Gasteiger partial charge on any atom is -0.508 e. The maximum Gasteiger partial charge on any atom is 0.277 e. The molecule has 0 saturated carbocycles. The van der Waals surface area contributed by atoms with Crippen LogP contribution in [0.15, 0.2) is 46.7 Å². The quantitative estimate of drug-likeness (QED) is 0.449. The van der Waals surface area contributed by atoms with Gasteiger partial charge in [0.05, 0.1) is 6.21 Å². The van der Waals surface area contributed by atoms with Crippen LogP contribution in [0.25, 0.3) is 0 Å². The number of nitrogens with one attached hydrogen (secondary N) is 1. The van der Waals surface area contributed by atoms with Crippen LogP contribution in [0.1, 0.15) is 36.5 Å². The van der Waals surface area contributed by atoms with E-state index in [1.54, 1.807) is 37.3 Å². The number of benzene rings is 2. The summed E-state index contributed by atoms with van der Waals surface area (Å²) in [6, 6.07) is 9.87. The molecule has 0 bridgehead atoms. The smallest absolute Gasteiger partial charge is 0.277 e. The largest absolute Gasteiger partial charge is 0.508 e. The molecule has 2 aromatic rings. The Labute approximate surface area is 151 Å². The van der Waals surface area contributed by atoms with Crippen LogP contribution in [0.2, 0.25) is 0 Å². The number of phenols is 1. The highest BCUT2D eigenvalue weighted by atomic mass is 16.5. The molecule has 0 unspecified atom stereocenters. The number of nitrogens with zero attached hydrogens (tertiary/aromatic N) is 2. The molecule has 7 heteroatoms. The van der Waals surface area contributed by atoms with Gasteiger partial charge >= 0.3 is 0 Å². The molecule has 0 fully saturated rings. The van der Waals surface area contributed by atoms with E-state index in [-0.39, 0.29) is 18.3 Å². The maximum atomic E-state index is 11.9. The highest BCUT2D eigenvalue weighted by Crippen LogP contribution is 2.33. The van der Waals surface area contributed by atoms with Crippen molar-refractivity contribution in [3.05, 3.63) is 58.0 Å². The van der Waals surface area contributed by atoms with Crippen molar-refractivity contribution < 1.29 is 14.6 Å². The second-order valence-corrected chi connectivity index (χ2v) is 6.10. The predicted octanol–water partition coefficient (Wildman–Crippen LogP) is 3.75. The Kier molecular flexibility index (Phi) is 6.43. The summed E-state index contributed by atoms with van der Waals surface area (Å²) in [5.74, 6) is 0.342. The topological polar surface area (TPSA) is 100 Å². The van der Waals surface area contributed by atoms with E-state index in [0.717, 1.165) is 5.56 Å². The van der Waals surface area contributed by atoms with Crippen LogP contribution >= 0.6 is 0 Å². The number of ether oxygens (including phenoxy) is 1. The molecule has 0 atom stereocenters. The zero-order chi connectivity index (χ0) is 19.1. The van der Waals surface area contributed by atoms with Crippen LogP contribution in [0.4, 0.5) is 5.69 Å². The summed E-state index contributed by atoms with van der Waals surface area (Å²) in [7, 11) is 0. The van der Waals surface area contributed by atoms with Crippen LogP contribution in [-0.2, 0) is 4.79 Å². The molecule has 26 heavy (non-hydrogen) atoms. The van der Waals surface area contributed by atoms with Crippen molar-refractivity contribution in [2.75, 3.05) is 6.61 Å². The van der Waals surface area contributed by atoms with Crippen molar-refractivity contribution in [2.24, 2.45) is 10.3 Å². The van der Waals surface area contributed by atoms with Crippen molar-refractivity contribution in [1.82, 2.24) is 5.43 Å². The maximum absolute atomic E-state index is 11.9. The van der Waals surface area contributed by atoms with Crippen LogP contribution in [-0.4, -0.2) is 23.8 Å². The Balaban J connectivity index is 1.98. The van der Waals surface area contributed by atoms with E-state index in [1.807, 2.05) is 13.8 Å². The van der Waals surface area contributed by atoms with Crippen LogP contribution in [0.3, 0.4) is 0 Å². The summed E-state index contributed by atoms with van der Waals surface area (Å²) in [5.41, 5.74) is 4.87. The second kappa shape index (κ2) is 8.75. The van der Waals surface area contributed by atoms with Crippen molar-refractivity contribution in [2.45, 2.75) is 26.7 Å². The van der Waals surface area contributed by atoms with Gasteiger partial charge in [0.2, 0.25) is 0 Å². The van der Waals surface area contributed by atoms with Gasteiger partial charge in [0.15, 0.2) is 6.61 Å². The first kappa shape index (κ1) is 19.1. The molecule has 2 rings (SSSR count). The summed E-state index contributed by atoms with van der Waals surface area (Å²) in [6.45, 7) is 5.47. The number of nitroso groups, excluding NO2 is 1. The van der Waals surface area contributed by atoms with Gasteiger partial charge in [-0.3, -0.25) is 4.79 Å². The molecular weight excluding hydrogens is 334 g/mol. The molecule has 0 aliphatic heterocycles. The standard InChI is InChI=1S/C19H21N3O4/c1-12(2)16-9-17(22-25)13(3)7-18(16)26-11-19(24)21-20-10-14-5-4-6-15(23)8-14/h4-10,12,23H,11H2,1-3H3,(H,21,24)/b20-10+. The van der Waals surface area contributed by atoms with Crippen molar-refractivity contribution >= 4 is 17.8 Å². The number of rotatable bonds is 7. The van der Waals surface area contributed by atoms with E-state index in [9.17, 15) is 14.8 Å². The van der Waals surface area contributed by atoms with Crippen molar-refractivity contribution in [3.63, 3.8) is 0 Å². The SMILES string of the molecule is Cc1cc(OCC(=O)N/N=C/c2cccc(O)c2)c(C(C)C)cc1N=O. The monoisotopic (exact) mass is 355 g/mol. The molecule has 2 N–H and O–H groups in total. The summed E-state index contributed by atoms with van der Waals surface area (Å²) in [4.78, 5) is 22.7. The number of aryl methyl sites for hydroxylation is 1. The second-order valence-electron chi connectivity index (χ2n) is 6.10. The number of hydrogen-bond donors (Lipinski definition) is 2. The zero-order valence-electron chi connectivity index (χ0n) is 14.9. The van der Waals surface area contributed by atoms with Gasteiger partial charge < -0.3 is 9.84 Å². The molecule has 0 heterocycles. The van der Waals surface area contributed by atoms with E-state index in [2.05, 4.69) is 15.7 Å². The summed E-state index contributed by atoms with van der Waals surface area (Å²) < 4.78 is 5.59. The summed E-state index contributed by atoms with van der Waals surface area (Å²) in [6.07, 6.45) is 1.42. The summed E-state index contributed by atoms with van der Waals surface area (Å²) in [5, 5.41) is 16.2. The molecule has 0 aliphatic carbocycles. The molecule has 7 nitrogen and oxygen atoms in total. The van der Waals surface area contributed by atoms with E-state index in [4.69, 9.17) is 4.74 Å². The van der Waals surface area contributed by atoms with Gasteiger partial charge in [0.1, 0.15) is 17.2 Å². The van der Waals surface area contributed by atoms with Gasteiger partial charge in [-0.25, -0.2) is 5.43 Å². The fourth-order valence-electron chi connectivity index (χ4n) is 2.32. The number of carbonyl (C=O) groups is 1. The highest BCUT2D eigenvalue weighted by molar-refractivity contribution is 5.83. The molecule has 0 aromatic heterocycles. The van der Waals surface area contributed by atoms with Crippen LogP contribution < -0.4 is 10.2 Å². The third-order valence-corrected chi connectivity index (χ3v) is 3.68. The lowest BCUT2D eigenvalue weighted by molar-refractivity contribution is -0.123. The highest BCUT2D eigenvalue weighted by Gasteiger charge is 2.13. The molecule has 1 amide bonds. The first-order valence-corrected chi connectivity index (χ1v) is 8.12. The van der Waals surface area contributed by atoms with Crippen LogP contribution in [0.5, 0.6) is 11.5 Å². The normalized spacial score (nSPS) is 10.9. The van der Waals surface area contributed by atoms with E-state index in [0.29, 0.717) is 22.6 Å². The van der Waals surface area contributed by atoms with E-state index in [1.165, 1.54) is 12.3 Å². The molecule has 2 aromatic carbocycles. The van der Waals surface area contributed by atoms with E-state index < -0.39 is 5.91 Å². The first-order chi connectivity index (χ1) is 12.4. The molecule has 0 spiro atoms. The third-order valence-electron chi connectivity index (χ3n) is 3.68. The zero-order valence-corrected chi connectivity index (χ0v) is 14.9. The van der Waals surface area contributed by atoms with Gasteiger partial charge in [-0.05, 0) is 59.0 Å². The minimum atomic E-state index is -0.425. The van der Waals surface area contributed by atoms with Crippen LogP contribution in [0, 0.1) is 11.8 Å². The van der Waals surface area contributed by atoms with E-state index >= 15 is 0 Å². The van der Waals surface area contributed by atoms with Gasteiger partial charge in [0, 0.05) is 0 Å². The summed E-state index contributed by atoms with van der Waals surface area (Å²) >= 11 is 0. The number of hydrazone groups is 1. The average molecular weight is 355 g/mol. The number of amides is 1. The number of hydrogen-bond acceptors (Lipinski definition) is 6. The Bertz CT molecular complexity index is 832. The van der Waals surface area contributed by atoms with Gasteiger partial charge in [-0.2, -0.15) is 5.10 Å². The van der Waals surface area contributed by atoms with Crippen molar-refractivity contribution in [1.29, 1.82) is 0 Å². The molecule has 0 aliphatic rings. The minimum absolute atomic E-state index is 0.109. The lowest BCUT2D eigenvalue weighted by Crippen LogP contribution is -2.25. The number of phenolic OH excluding ortho intramolecular Hbond substituents is 1. The molecule has 0 radical (unpaired) electrons. The fraction of sp³-hybridized carbons (Fsp3) is 0.263. The van der Waals surface area contributed by atoms with Gasteiger partial charge in [-0.1, -0.05) is 26.0 Å². The Hall–Kier alpha value is -3.22. The van der Waals surface area contributed by atoms with Gasteiger partial charge in [0.25, 0.3) is 5.91 Å². The number of carbonyl (C=O) groups excluding carboxylic acids is 1. The lowest BCUT2D eigenvalue weighted by Gasteiger charge is -2.15. The Morgan fingerprint density at radius 3 is 2.73 bits per heavy atom. The first-order valence-electron chi connectivity index (χ1n) is 8.12. The fourth-order valence-corrected chi connectivity index (χ4v) is 2.32. The molecule has 0 saturated heterocycles. The average Bonchev–Trinajstić information content (AvgIpc) is 2.59. The Morgan fingerprint density at radius 1 is 1.31 bits per heavy atom.